The second-order valence-corrected chi connectivity index (χ2v) is 5.70. The van der Waals surface area contributed by atoms with Gasteiger partial charge in [0, 0.05) is 17.1 Å². The molecular formula is C18H16ClN3. The van der Waals surface area contributed by atoms with Crippen LogP contribution in [-0.2, 0) is 6.54 Å². The number of aromatic nitrogens is 2. The first-order valence-electron chi connectivity index (χ1n) is 7.39. The molecule has 3 rings (SSSR count). The number of unbranched alkanes of at least 4 members (excludes halogenated alkanes) is 1. The lowest BCUT2D eigenvalue weighted by Crippen LogP contribution is -2.00. The molecule has 0 aliphatic carbocycles. The number of aryl methyl sites for hydroxylation is 1. The molecule has 3 nitrogen and oxygen atoms in total. The lowest BCUT2D eigenvalue weighted by atomic mass is 10.2. The van der Waals surface area contributed by atoms with E-state index in [0.717, 1.165) is 41.8 Å². The fourth-order valence-corrected chi connectivity index (χ4v) is 2.78. The summed E-state index contributed by atoms with van der Waals surface area (Å²) in [6, 6.07) is 15.6. The number of nitrogens with zero attached hydrogens (tertiary/aromatic N) is 3. The predicted molar refractivity (Wildman–Crippen MR) is 89.8 cm³/mol. The van der Waals surface area contributed by atoms with E-state index in [-0.39, 0.29) is 0 Å². The van der Waals surface area contributed by atoms with Gasteiger partial charge in [0.05, 0.1) is 22.7 Å². The highest BCUT2D eigenvalue weighted by Gasteiger charge is 2.13. The number of hydrogen-bond acceptors (Lipinski definition) is 2. The summed E-state index contributed by atoms with van der Waals surface area (Å²) >= 11 is 6.12. The van der Waals surface area contributed by atoms with Gasteiger partial charge in [0.2, 0.25) is 0 Å². The van der Waals surface area contributed by atoms with Crippen molar-refractivity contribution in [3.8, 4) is 17.5 Å². The van der Waals surface area contributed by atoms with Gasteiger partial charge >= 0.3 is 0 Å². The summed E-state index contributed by atoms with van der Waals surface area (Å²) < 4.78 is 2.21. The minimum absolute atomic E-state index is 0.630. The van der Waals surface area contributed by atoms with Gasteiger partial charge in [-0.15, -0.1) is 0 Å². The molecular weight excluding hydrogens is 294 g/mol. The Morgan fingerprint density at radius 1 is 1.23 bits per heavy atom. The zero-order valence-corrected chi connectivity index (χ0v) is 13.1. The molecule has 0 saturated heterocycles. The van der Waals surface area contributed by atoms with E-state index >= 15 is 0 Å². The summed E-state index contributed by atoms with van der Waals surface area (Å²) in [4.78, 5) is 4.74. The fourth-order valence-electron chi connectivity index (χ4n) is 2.59. The summed E-state index contributed by atoms with van der Waals surface area (Å²) in [5.41, 5.74) is 3.54. The van der Waals surface area contributed by atoms with E-state index in [0.29, 0.717) is 10.6 Å². The third-order valence-electron chi connectivity index (χ3n) is 3.70. The van der Waals surface area contributed by atoms with E-state index in [1.165, 1.54) is 0 Å². The molecule has 0 unspecified atom stereocenters. The van der Waals surface area contributed by atoms with Crippen LogP contribution in [0.5, 0.6) is 0 Å². The second kappa shape index (κ2) is 6.21. The minimum atomic E-state index is 0.630. The Morgan fingerprint density at radius 3 is 2.82 bits per heavy atom. The maximum atomic E-state index is 9.07. The van der Waals surface area contributed by atoms with Crippen LogP contribution in [0.25, 0.3) is 22.4 Å². The zero-order valence-electron chi connectivity index (χ0n) is 12.4. The second-order valence-electron chi connectivity index (χ2n) is 5.27. The van der Waals surface area contributed by atoms with Gasteiger partial charge in [-0.05, 0) is 36.8 Å². The number of halogens is 1. The minimum Gasteiger partial charge on any atom is -0.324 e. The van der Waals surface area contributed by atoms with Crippen LogP contribution in [0.2, 0.25) is 5.02 Å². The molecule has 4 heteroatoms. The van der Waals surface area contributed by atoms with E-state index in [4.69, 9.17) is 21.8 Å². The largest absolute Gasteiger partial charge is 0.324 e. The average molecular weight is 310 g/mol. The average Bonchev–Trinajstić information content (AvgIpc) is 2.90. The van der Waals surface area contributed by atoms with E-state index in [1.807, 2.05) is 42.5 Å². The smallest absolute Gasteiger partial charge is 0.141 e. The van der Waals surface area contributed by atoms with Crippen molar-refractivity contribution in [2.75, 3.05) is 0 Å². The Balaban J connectivity index is 2.21. The highest BCUT2D eigenvalue weighted by molar-refractivity contribution is 6.30. The van der Waals surface area contributed by atoms with E-state index in [1.54, 1.807) is 0 Å². The van der Waals surface area contributed by atoms with Crippen LogP contribution in [0.1, 0.15) is 25.3 Å². The van der Waals surface area contributed by atoms with Crippen LogP contribution in [0.4, 0.5) is 0 Å². The summed E-state index contributed by atoms with van der Waals surface area (Å²) in [6.07, 6.45) is 2.20. The summed E-state index contributed by atoms with van der Waals surface area (Å²) in [5.74, 6) is 0.904. The lowest BCUT2D eigenvalue weighted by Gasteiger charge is -2.09. The Morgan fingerprint density at radius 2 is 2.09 bits per heavy atom. The molecule has 0 radical (unpaired) electrons. The molecule has 22 heavy (non-hydrogen) atoms. The summed E-state index contributed by atoms with van der Waals surface area (Å²) in [7, 11) is 0. The van der Waals surface area contributed by atoms with Crippen molar-refractivity contribution in [1.29, 1.82) is 5.26 Å². The van der Waals surface area contributed by atoms with Crippen LogP contribution in [-0.4, -0.2) is 9.55 Å². The number of hydrogen-bond donors (Lipinski definition) is 0. The standard InChI is InChI=1S/C18H16ClN3/c1-2-3-9-22-17-8-7-13(12-20)10-16(17)21-18(22)14-5-4-6-15(19)11-14/h4-8,10-11H,2-3,9H2,1H3. The molecule has 110 valence electrons. The van der Waals surface area contributed by atoms with Crippen LogP contribution in [0.3, 0.4) is 0 Å². The van der Waals surface area contributed by atoms with Crippen LogP contribution >= 0.6 is 11.6 Å². The van der Waals surface area contributed by atoms with Gasteiger partial charge in [0.1, 0.15) is 5.82 Å². The van der Waals surface area contributed by atoms with Gasteiger partial charge in [-0.1, -0.05) is 37.1 Å². The Bertz CT molecular complexity index is 858. The fraction of sp³-hybridized carbons (Fsp3) is 0.222. The molecule has 2 aromatic carbocycles. The number of imidazole rings is 1. The molecule has 1 heterocycles. The van der Waals surface area contributed by atoms with Crippen LogP contribution in [0, 0.1) is 11.3 Å². The summed E-state index contributed by atoms with van der Waals surface area (Å²) in [6.45, 7) is 3.08. The third kappa shape index (κ3) is 2.70. The number of fused-ring (bicyclic) bond motifs is 1. The van der Waals surface area contributed by atoms with Crippen molar-refractivity contribution in [2.45, 2.75) is 26.3 Å². The van der Waals surface area contributed by atoms with Gasteiger partial charge < -0.3 is 4.57 Å². The molecule has 3 aromatic rings. The maximum Gasteiger partial charge on any atom is 0.141 e. The normalized spacial score (nSPS) is 10.8. The van der Waals surface area contributed by atoms with E-state index in [9.17, 15) is 0 Å². The molecule has 0 fully saturated rings. The number of benzene rings is 2. The van der Waals surface area contributed by atoms with Crippen LogP contribution in [0.15, 0.2) is 42.5 Å². The monoisotopic (exact) mass is 309 g/mol. The quantitative estimate of drug-likeness (QED) is 0.678. The van der Waals surface area contributed by atoms with Crippen LogP contribution < -0.4 is 0 Å². The van der Waals surface area contributed by atoms with Crippen molar-refractivity contribution in [3.63, 3.8) is 0 Å². The molecule has 0 saturated carbocycles. The molecule has 0 aliphatic rings. The first kappa shape index (κ1) is 14.6. The highest BCUT2D eigenvalue weighted by atomic mass is 35.5. The van der Waals surface area contributed by atoms with Crippen molar-refractivity contribution in [3.05, 3.63) is 53.1 Å². The van der Waals surface area contributed by atoms with Crippen molar-refractivity contribution >= 4 is 22.6 Å². The maximum absolute atomic E-state index is 9.07. The lowest BCUT2D eigenvalue weighted by molar-refractivity contribution is 0.651. The molecule has 0 spiro atoms. The predicted octanol–water partition coefficient (Wildman–Crippen LogP) is 5.03. The Kier molecular flexibility index (Phi) is 4.13. The first-order valence-corrected chi connectivity index (χ1v) is 7.77. The third-order valence-corrected chi connectivity index (χ3v) is 3.93. The molecule has 0 aliphatic heterocycles. The van der Waals surface area contributed by atoms with Crippen molar-refractivity contribution < 1.29 is 0 Å². The molecule has 1 aromatic heterocycles. The van der Waals surface area contributed by atoms with Gasteiger partial charge in [-0.25, -0.2) is 4.98 Å². The van der Waals surface area contributed by atoms with E-state index < -0.39 is 0 Å². The van der Waals surface area contributed by atoms with Gasteiger partial charge in [0.25, 0.3) is 0 Å². The van der Waals surface area contributed by atoms with Gasteiger partial charge in [0.15, 0.2) is 0 Å². The zero-order chi connectivity index (χ0) is 15.5. The molecule has 0 atom stereocenters. The molecule has 0 bridgehead atoms. The highest BCUT2D eigenvalue weighted by Crippen LogP contribution is 2.27. The molecule has 0 N–H and O–H groups in total. The summed E-state index contributed by atoms with van der Waals surface area (Å²) in [5, 5.41) is 9.76. The SMILES string of the molecule is CCCCn1c(-c2cccc(Cl)c2)nc2cc(C#N)ccc21. The van der Waals surface area contributed by atoms with Gasteiger partial charge in [-0.2, -0.15) is 5.26 Å². The van der Waals surface area contributed by atoms with Crippen molar-refractivity contribution in [1.82, 2.24) is 9.55 Å². The Hall–Kier alpha value is -2.31. The van der Waals surface area contributed by atoms with Crippen molar-refractivity contribution in [2.24, 2.45) is 0 Å². The topological polar surface area (TPSA) is 41.6 Å². The van der Waals surface area contributed by atoms with E-state index in [2.05, 4.69) is 17.6 Å². The molecule has 0 amide bonds. The Labute approximate surface area is 134 Å². The number of rotatable bonds is 4. The van der Waals surface area contributed by atoms with Gasteiger partial charge in [-0.3, -0.25) is 0 Å². The first-order chi connectivity index (χ1) is 10.7. The number of nitriles is 1.